The first kappa shape index (κ1) is 9.19. The van der Waals surface area contributed by atoms with Crippen molar-refractivity contribution in [3.8, 4) is 0 Å². The van der Waals surface area contributed by atoms with E-state index in [-0.39, 0.29) is 0 Å². The first-order valence-corrected chi connectivity index (χ1v) is 5.11. The Balaban J connectivity index is 2.45. The van der Waals surface area contributed by atoms with Gasteiger partial charge in [0, 0.05) is 17.6 Å². The number of halogens is 1. The highest BCUT2D eigenvalue weighted by Crippen LogP contribution is 2.31. The van der Waals surface area contributed by atoms with Gasteiger partial charge in [0.1, 0.15) is 5.60 Å². The van der Waals surface area contributed by atoms with Crippen LogP contribution in [0, 0.1) is 6.92 Å². The van der Waals surface area contributed by atoms with Crippen molar-refractivity contribution in [3.63, 3.8) is 0 Å². The first-order chi connectivity index (χ1) is 6.13. The van der Waals surface area contributed by atoms with Crippen molar-refractivity contribution in [1.29, 1.82) is 0 Å². The fourth-order valence-electron chi connectivity index (χ4n) is 1.66. The zero-order chi connectivity index (χ0) is 9.47. The summed E-state index contributed by atoms with van der Waals surface area (Å²) >= 11 is 3.46. The van der Waals surface area contributed by atoms with Crippen LogP contribution in [0.5, 0.6) is 0 Å². The highest BCUT2D eigenvalue weighted by molar-refractivity contribution is 9.10. The van der Waals surface area contributed by atoms with Crippen LogP contribution in [-0.4, -0.2) is 18.2 Å². The minimum Gasteiger partial charge on any atom is -0.382 e. The summed E-state index contributed by atoms with van der Waals surface area (Å²) in [6, 6.07) is 5.94. The lowest BCUT2D eigenvalue weighted by Crippen LogP contribution is -2.57. The van der Waals surface area contributed by atoms with Crippen LogP contribution in [0.3, 0.4) is 0 Å². The maximum Gasteiger partial charge on any atom is 0.115 e. The third kappa shape index (κ3) is 1.41. The van der Waals surface area contributed by atoms with Gasteiger partial charge in [0.05, 0.1) is 0 Å². The van der Waals surface area contributed by atoms with E-state index in [1.54, 1.807) is 0 Å². The molecule has 70 valence electrons. The van der Waals surface area contributed by atoms with Crippen LogP contribution in [0.15, 0.2) is 22.7 Å². The van der Waals surface area contributed by atoms with E-state index in [1.165, 1.54) is 0 Å². The monoisotopic (exact) mass is 241 g/mol. The zero-order valence-corrected chi connectivity index (χ0v) is 9.06. The average Bonchev–Trinajstić information content (AvgIpc) is 2.06. The summed E-state index contributed by atoms with van der Waals surface area (Å²) in [4.78, 5) is 0. The van der Waals surface area contributed by atoms with Crippen LogP contribution in [-0.2, 0) is 5.60 Å². The van der Waals surface area contributed by atoms with Gasteiger partial charge < -0.3 is 10.4 Å². The lowest BCUT2D eigenvalue weighted by Gasteiger charge is -2.39. The molecule has 0 bridgehead atoms. The molecule has 0 unspecified atom stereocenters. The molecular formula is C10H12BrNO. The second-order valence-corrected chi connectivity index (χ2v) is 4.40. The Labute approximate surface area is 86.1 Å². The van der Waals surface area contributed by atoms with Gasteiger partial charge in [0.2, 0.25) is 0 Å². The van der Waals surface area contributed by atoms with Crippen LogP contribution in [0.4, 0.5) is 0 Å². The summed E-state index contributed by atoms with van der Waals surface area (Å²) in [5.74, 6) is 0. The quantitative estimate of drug-likeness (QED) is 0.783. The van der Waals surface area contributed by atoms with Crippen LogP contribution >= 0.6 is 15.9 Å². The lowest BCUT2D eigenvalue weighted by atomic mass is 9.85. The van der Waals surface area contributed by atoms with Crippen molar-refractivity contribution in [2.75, 3.05) is 13.1 Å². The molecule has 2 nitrogen and oxygen atoms in total. The minimum atomic E-state index is -0.645. The fraction of sp³-hybridized carbons (Fsp3) is 0.400. The molecule has 1 heterocycles. The van der Waals surface area contributed by atoms with Crippen LogP contribution in [0.2, 0.25) is 0 Å². The zero-order valence-electron chi connectivity index (χ0n) is 7.47. The third-order valence-corrected chi connectivity index (χ3v) is 3.46. The number of benzene rings is 1. The van der Waals surface area contributed by atoms with Crippen molar-refractivity contribution in [1.82, 2.24) is 5.32 Å². The largest absolute Gasteiger partial charge is 0.382 e. The third-order valence-electron chi connectivity index (χ3n) is 2.60. The van der Waals surface area contributed by atoms with Crippen molar-refractivity contribution in [2.24, 2.45) is 0 Å². The van der Waals surface area contributed by atoms with Gasteiger partial charge in [-0.05, 0) is 24.1 Å². The highest BCUT2D eigenvalue weighted by atomic mass is 79.9. The van der Waals surface area contributed by atoms with Crippen LogP contribution in [0.1, 0.15) is 11.1 Å². The molecule has 0 atom stereocenters. The van der Waals surface area contributed by atoms with E-state index < -0.39 is 5.60 Å². The number of hydrogen-bond donors (Lipinski definition) is 2. The van der Waals surface area contributed by atoms with Crippen molar-refractivity contribution in [3.05, 3.63) is 33.8 Å². The van der Waals surface area contributed by atoms with Crippen molar-refractivity contribution >= 4 is 15.9 Å². The van der Waals surface area contributed by atoms with E-state index in [4.69, 9.17) is 0 Å². The summed E-state index contributed by atoms with van der Waals surface area (Å²) in [6.45, 7) is 3.34. The van der Waals surface area contributed by atoms with Gasteiger partial charge in [-0.1, -0.05) is 28.1 Å². The lowest BCUT2D eigenvalue weighted by molar-refractivity contribution is -0.0152. The van der Waals surface area contributed by atoms with Gasteiger partial charge in [0.25, 0.3) is 0 Å². The molecule has 1 saturated heterocycles. The molecule has 3 heteroatoms. The summed E-state index contributed by atoms with van der Waals surface area (Å²) in [5, 5.41) is 13.2. The standard InChI is InChI=1S/C10H12BrNO/c1-7-8(3-2-4-9(7)11)10(13)5-12-6-10/h2-4,12-13H,5-6H2,1H3. The molecule has 1 aliphatic heterocycles. The average molecular weight is 242 g/mol. The molecule has 2 N–H and O–H groups in total. The summed E-state index contributed by atoms with van der Waals surface area (Å²) in [7, 11) is 0. The van der Waals surface area contributed by atoms with Gasteiger partial charge >= 0.3 is 0 Å². The molecule has 1 aromatic carbocycles. The van der Waals surface area contributed by atoms with Gasteiger partial charge in [-0.2, -0.15) is 0 Å². The van der Waals surface area contributed by atoms with E-state index in [0.717, 1.165) is 15.6 Å². The Morgan fingerprint density at radius 3 is 2.69 bits per heavy atom. The van der Waals surface area contributed by atoms with E-state index in [2.05, 4.69) is 21.2 Å². The Bertz CT molecular complexity index is 334. The van der Waals surface area contributed by atoms with Crippen molar-refractivity contribution < 1.29 is 5.11 Å². The molecule has 0 aliphatic carbocycles. The van der Waals surface area contributed by atoms with Crippen LogP contribution < -0.4 is 5.32 Å². The number of β-amino-alcohol motifs (C(OH)–C–C–N with tert-alkyl or cyclic N) is 1. The van der Waals surface area contributed by atoms with Gasteiger partial charge in [-0.15, -0.1) is 0 Å². The summed E-state index contributed by atoms with van der Waals surface area (Å²) in [6.07, 6.45) is 0. The Morgan fingerprint density at radius 1 is 1.46 bits per heavy atom. The number of hydrogen-bond acceptors (Lipinski definition) is 2. The molecule has 0 saturated carbocycles. The van der Waals surface area contributed by atoms with Gasteiger partial charge in [-0.3, -0.25) is 0 Å². The smallest absolute Gasteiger partial charge is 0.115 e. The summed E-state index contributed by atoms with van der Waals surface area (Å²) < 4.78 is 1.06. The van der Waals surface area contributed by atoms with E-state index in [1.807, 2.05) is 25.1 Å². The first-order valence-electron chi connectivity index (χ1n) is 4.32. The molecule has 1 fully saturated rings. The van der Waals surface area contributed by atoms with E-state index in [0.29, 0.717) is 13.1 Å². The predicted octanol–water partition coefficient (Wildman–Crippen LogP) is 1.55. The molecule has 1 aromatic rings. The number of aliphatic hydroxyl groups is 1. The summed E-state index contributed by atoms with van der Waals surface area (Å²) in [5.41, 5.74) is 1.51. The molecule has 0 amide bonds. The fourth-order valence-corrected chi connectivity index (χ4v) is 2.03. The molecule has 2 rings (SSSR count). The molecule has 0 aromatic heterocycles. The second-order valence-electron chi connectivity index (χ2n) is 3.55. The van der Waals surface area contributed by atoms with E-state index in [9.17, 15) is 5.11 Å². The molecule has 0 radical (unpaired) electrons. The molecular weight excluding hydrogens is 230 g/mol. The highest BCUT2D eigenvalue weighted by Gasteiger charge is 2.37. The molecule has 0 spiro atoms. The Kier molecular flexibility index (Phi) is 2.18. The van der Waals surface area contributed by atoms with E-state index >= 15 is 0 Å². The molecule has 13 heavy (non-hydrogen) atoms. The van der Waals surface area contributed by atoms with Crippen LogP contribution in [0.25, 0.3) is 0 Å². The number of rotatable bonds is 1. The Morgan fingerprint density at radius 2 is 2.15 bits per heavy atom. The van der Waals surface area contributed by atoms with Crippen molar-refractivity contribution in [2.45, 2.75) is 12.5 Å². The SMILES string of the molecule is Cc1c(Br)cccc1C1(O)CNC1. The number of nitrogens with one attached hydrogen (secondary N) is 1. The maximum atomic E-state index is 10.1. The normalized spacial score (nSPS) is 19.6. The maximum absolute atomic E-state index is 10.1. The van der Waals surface area contributed by atoms with Gasteiger partial charge in [-0.25, -0.2) is 0 Å². The predicted molar refractivity (Wildman–Crippen MR) is 55.6 cm³/mol. The minimum absolute atomic E-state index is 0.645. The van der Waals surface area contributed by atoms with Gasteiger partial charge in [0.15, 0.2) is 0 Å². The molecule has 1 aliphatic rings. The topological polar surface area (TPSA) is 32.3 Å². The Hall–Kier alpha value is -0.380. The second kappa shape index (κ2) is 3.08.